The van der Waals surface area contributed by atoms with E-state index < -0.39 is 17.8 Å². The number of likely N-dealkylation sites (N-methyl/N-ethyl adjacent to an activating group) is 1. The second kappa shape index (κ2) is 4.61. The van der Waals surface area contributed by atoms with E-state index in [1.165, 1.54) is 7.05 Å². The molecule has 16 heavy (non-hydrogen) atoms. The first-order chi connectivity index (χ1) is 7.47. The molecule has 0 heterocycles. The molecule has 0 saturated carbocycles. The number of carbonyl (C=O) groups is 2. The van der Waals surface area contributed by atoms with Gasteiger partial charge in [-0.3, -0.25) is 4.79 Å². The summed E-state index contributed by atoms with van der Waals surface area (Å²) in [6.45, 7) is 0. The molecule has 0 radical (unpaired) electrons. The lowest BCUT2D eigenvalue weighted by Crippen LogP contribution is -2.29. The second-order valence-corrected chi connectivity index (χ2v) is 3.21. The van der Waals surface area contributed by atoms with Crippen molar-refractivity contribution < 1.29 is 24.2 Å². The molecule has 0 aliphatic heterocycles. The number of aromatic hydroxyl groups is 1. The number of benzene rings is 1. The van der Waals surface area contributed by atoms with Crippen molar-refractivity contribution in [2.45, 2.75) is 6.04 Å². The van der Waals surface area contributed by atoms with E-state index in [0.717, 1.165) is 23.1 Å². The number of nitrogens with zero attached hydrogens (tertiary/aromatic N) is 1. The molecule has 1 atom stereocenters. The maximum atomic E-state index is 12.9. The Morgan fingerprint density at radius 3 is 2.69 bits per heavy atom. The van der Waals surface area contributed by atoms with Gasteiger partial charge in [0.2, 0.25) is 6.41 Å². The third-order valence-electron chi connectivity index (χ3n) is 2.09. The minimum Gasteiger partial charge on any atom is -0.508 e. The van der Waals surface area contributed by atoms with Crippen LogP contribution in [0.5, 0.6) is 5.75 Å². The van der Waals surface area contributed by atoms with Crippen LogP contribution in [0.15, 0.2) is 18.2 Å². The molecule has 0 fully saturated rings. The van der Waals surface area contributed by atoms with E-state index in [1.807, 2.05) is 0 Å². The number of carboxylic acid groups (broad SMARTS) is 1. The van der Waals surface area contributed by atoms with Crippen LogP contribution in [0.4, 0.5) is 4.39 Å². The fourth-order valence-corrected chi connectivity index (χ4v) is 1.33. The Hall–Kier alpha value is -2.11. The molecular weight excluding hydrogens is 217 g/mol. The molecule has 1 rings (SSSR count). The molecule has 1 amide bonds. The number of phenols is 1. The smallest absolute Gasteiger partial charge is 0.331 e. The first-order valence-electron chi connectivity index (χ1n) is 4.36. The molecule has 1 unspecified atom stereocenters. The van der Waals surface area contributed by atoms with E-state index in [4.69, 9.17) is 5.11 Å². The predicted octanol–water partition coefficient (Wildman–Crippen LogP) is 0.745. The van der Waals surface area contributed by atoms with Crippen LogP contribution in [0.3, 0.4) is 0 Å². The van der Waals surface area contributed by atoms with Gasteiger partial charge in [0.1, 0.15) is 11.6 Å². The molecule has 6 heteroatoms. The Balaban J connectivity index is 3.25. The van der Waals surface area contributed by atoms with E-state index in [2.05, 4.69) is 0 Å². The number of hydrogen-bond donors (Lipinski definition) is 2. The van der Waals surface area contributed by atoms with Crippen LogP contribution in [0, 0.1) is 5.82 Å². The van der Waals surface area contributed by atoms with Crippen molar-refractivity contribution in [3.05, 3.63) is 29.6 Å². The van der Waals surface area contributed by atoms with Gasteiger partial charge in [0.25, 0.3) is 0 Å². The first kappa shape index (κ1) is 12.0. The van der Waals surface area contributed by atoms with Crippen LogP contribution >= 0.6 is 0 Å². The van der Waals surface area contributed by atoms with Crippen LogP contribution in [-0.2, 0) is 9.59 Å². The largest absolute Gasteiger partial charge is 0.508 e. The molecule has 0 aromatic heterocycles. The Morgan fingerprint density at radius 1 is 1.56 bits per heavy atom. The number of carboxylic acids is 1. The molecule has 1 aromatic carbocycles. The summed E-state index contributed by atoms with van der Waals surface area (Å²) in [4.78, 5) is 22.3. The molecule has 86 valence electrons. The second-order valence-electron chi connectivity index (χ2n) is 3.21. The van der Waals surface area contributed by atoms with Crippen molar-refractivity contribution >= 4 is 12.4 Å². The topological polar surface area (TPSA) is 77.8 Å². The zero-order valence-corrected chi connectivity index (χ0v) is 8.42. The number of rotatable bonds is 4. The normalized spacial score (nSPS) is 11.9. The number of amides is 1. The molecule has 0 spiro atoms. The van der Waals surface area contributed by atoms with Crippen LogP contribution in [0.1, 0.15) is 11.6 Å². The Labute approximate surface area is 90.7 Å². The van der Waals surface area contributed by atoms with E-state index in [0.29, 0.717) is 6.41 Å². The lowest BCUT2D eigenvalue weighted by Gasteiger charge is -2.21. The number of hydrogen-bond acceptors (Lipinski definition) is 3. The predicted molar refractivity (Wildman–Crippen MR) is 52.3 cm³/mol. The van der Waals surface area contributed by atoms with Gasteiger partial charge < -0.3 is 15.1 Å². The van der Waals surface area contributed by atoms with Gasteiger partial charge in [-0.2, -0.15) is 0 Å². The van der Waals surface area contributed by atoms with Crippen molar-refractivity contribution in [1.82, 2.24) is 4.90 Å². The quantitative estimate of drug-likeness (QED) is 0.744. The summed E-state index contributed by atoms with van der Waals surface area (Å²) in [6, 6.07) is 1.51. The summed E-state index contributed by atoms with van der Waals surface area (Å²) in [5.41, 5.74) is -0.165. The maximum absolute atomic E-state index is 12.9. The summed E-state index contributed by atoms with van der Waals surface area (Å²) in [5, 5.41) is 18.3. The van der Waals surface area contributed by atoms with Crippen molar-refractivity contribution in [2.24, 2.45) is 0 Å². The fourth-order valence-electron chi connectivity index (χ4n) is 1.33. The summed E-state index contributed by atoms with van der Waals surface area (Å²) in [5.74, 6) is -2.41. The summed E-state index contributed by atoms with van der Waals surface area (Å²) in [7, 11) is 1.23. The van der Waals surface area contributed by atoms with E-state index in [-0.39, 0.29) is 11.3 Å². The SMILES string of the molecule is CN(C=O)C(C(=O)O)c1cc(F)ccc1O. The van der Waals surface area contributed by atoms with Gasteiger partial charge in [-0.15, -0.1) is 0 Å². The van der Waals surface area contributed by atoms with Gasteiger partial charge in [0.05, 0.1) is 0 Å². The van der Waals surface area contributed by atoms with E-state index in [1.54, 1.807) is 0 Å². The molecule has 5 nitrogen and oxygen atoms in total. The van der Waals surface area contributed by atoms with Crippen LogP contribution in [0.25, 0.3) is 0 Å². The minimum absolute atomic E-state index is 0.165. The Kier molecular flexibility index (Phi) is 3.44. The number of halogens is 1. The lowest BCUT2D eigenvalue weighted by molar-refractivity contribution is -0.145. The zero-order chi connectivity index (χ0) is 12.3. The zero-order valence-electron chi connectivity index (χ0n) is 8.42. The highest BCUT2D eigenvalue weighted by atomic mass is 19.1. The third-order valence-corrected chi connectivity index (χ3v) is 2.09. The van der Waals surface area contributed by atoms with Gasteiger partial charge in [-0.1, -0.05) is 0 Å². The van der Waals surface area contributed by atoms with E-state index >= 15 is 0 Å². The highest BCUT2D eigenvalue weighted by molar-refractivity contribution is 5.79. The van der Waals surface area contributed by atoms with Gasteiger partial charge in [0, 0.05) is 12.6 Å². The van der Waals surface area contributed by atoms with Crippen molar-refractivity contribution in [3.63, 3.8) is 0 Å². The number of phenolic OH excluding ortho intramolecular Hbond substituents is 1. The summed E-state index contributed by atoms with van der Waals surface area (Å²) in [6.07, 6.45) is 0.295. The molecule has 0 aliphatic carbocycles. The lowest BCUT2D eigenvalue weighted by atomic mass is 10.0. The standard InChI is InChI=1S/C10H10FNO4/c1-12(5-13)9(10(15)16)7-4-6(11)2-3-8(7)14/h2-5,9,14H,1H3,(H,15,16). The summed E-state index contributed by atoms with van der Waals surface area (Å²) >= 11 is 0. The first-order valence-corrected chi connectivity index (χ1v) is 4.36. The molecule has 0 aliphatic rings. The number of carbonyl (C=O) groups excluding carboxylic acids is 1. The average molecular weight is 227 g/mol. The van der Waals surface area contributed by atoms with Crippen molar-refractivity contribution in [2.75, 3.05) is 7.05 Å². The summed E-state index contributed by atoms with van der Waals surface area (Å²) < 4.78 is 12.9. The Morgan fingerprint density at radius 2 is 2.19 bits per heavy atom. The van der Waals surface area contributed by atoms with Crippen molar-refractivity contribution in [1.29, 1.82) is 0 Å². The van der Waals surface area contributed by atoms with Crippen LogP contribution in [-0.4, -0.2) is 34.5 Å². The van der Waals surface area contributed by atoms with Gasteiger partial charge in [-0.25, -0.2) is 9.18 Å². The minimum atomic E-state index is -1.41. The average Bonchev–Trinajstić information content (AvgIpc) is 2.22. The van der Waals surface area contributed by atoms with Gasteiger partial charge in [-0.05, 0) is 18.2 Å². The van der Waals surface area contributed by atoms with Crippen molar-refractivity contribution in [3.8, 4) is 5.75 Å². The highest BCUT2D eigenvalue weighted by Gasteiger charge is 2.26. The van der Waals surface area contributed by atoms with Crippen LogP contribution in [0.2, 0.25) is 0 Å². The monoisotopic (exact) mass is 227 g/mol. The highest BCUT2D eigenvalue weighted by Crippen LogP contribution is 2.28. The molecule has 2 N–H and O–H groups in total. The fraction of sp³-hybridized carbons (Fsp3) is 0.200. The Bertz CT molecular complexity index is 421. The van der Waals surface area contributed by atoms with E-state index in [9.17, 15) is 19.1 Å². The van der Waals surface area contributed by atoms with Gasteiger partial charge >= 0.3 is 5.97 Å². The molecule has 1 aromatic rings. The van der Waals surface area contributed by atoms with Gasteiger partial charge in [0.15, 0.2) is 6.04 Å². The van der Waals surface area contributed by atoms with Crippen LogP contribution < -0.4 is 0 Å². The third kappa shape index (κ3) is 2.28. The molecule has 0 bridgehead atoms. The maximum Gasteiger partial charge on any atom is 0.331 e. The molecular formula is C10H10FNO4. The molecule has 0 saturated heterocycles. The number of aliphatic carboxylic acids is 1.